The van der Waals surface area contributed by atoms with Crippen LogP contribution in [-0.2, 0) is 6.18 Å². The van der Waals surface area contributed by atoms with E-state index in [1.807, 2.05) is 0 Å². The van der Waals surface area contributed by atoms with Crippen molar-refractivity contribution < 1.29 is 22.5 Å². The lowest BCUT2D eigenvalue weighted by atomic mass is 10.1. The van der Waals surface area contributed by atoms with Crippen LogP contribution >= 0.6 is 0 Å². The highest BCUT2D eigenvalue weighted by Crippen LogP contribution is 2.29. The third kappa shape index (κ3) is 4.81. The Bertz CT molecular complexity index is 724. The number of aromatic nitrogens is 2. The number of rotatable bonds is 7. The first kappa shape index (κ1) is 19.9. The van der Waals surface area contributed by atoms with Crippen molar-refractivity contribution in [1.29, 1.82) is 0 Å². The molecule has 0 fully saturated rings. The second-order valence-electron chi connectivity index (χ2n) is 5.75. The third-order valence-electron chi connectivity index (χ3n) is 4.05. The van der Waals surface area contributed by atoms with Gasteiger partial charge in [-0.3, -0.25) is 4.79 Å². The maximum absolute atomic E-state index is 12.5. The summed E-state index contributed by atoms with van der Waals surface area (Å²) in [6.07, 6.45) is -4.69. The van der Waals surface area contributed by atoms with Crippen LogP contribution in [0, 0.1) is 0 Å². The van der Waals surface area contributed by atoms with Gasteiger partial charge in [0.15, 0.2) is 0 Å². The Morgan fingerprint density at radius 3 is 2.23 bits per heavy atom. The van der Waals surface area contributed by atoms with Gasteiger partial charge < -0.3 is 14.3 Å². The van der Waals surface area contributed by atoms with Gasteiger partial charge in [-0.05, 0) is 25.2 Å². The summed E-state index contributed by atoms with van der Waals surface area (Å²) in [5.74, 6) is -1.73. The number of hydrogen-bond acceptors (Lipinski definition) is 5. The molecule has 1 aromatic carbocycles. The highest BCUT2D eigenvalue weighted by molar-refractivity contribution is 5.94. The molecule has 2 rings (SSSR count). The van der Waals surface area contributed by atoms with E-state index in [1.165, 1.54) is 24.3 Å². The number of carbonyl (C=O) groups is 1. The molecule has 6 nitrogen and oxygen atoms in total. The average molecular weight is 370 g/mol. The van der Waals surface area contributed by atoms with E-state index in [9.17, 15) is 18.0 Å². The van der Waals surface area contributed by atoms with E-state index in [2.05, 4.69) is 33.4 Å². The highest BCUT2D eigenvalue weighted by atomic mass is 19.4. The fraction of sp³-hybridized carbons (Fsp3) is 0.471. The molecule has 0 saturated heterocycles. The number of halogens is 3. The zero-order valence-electron chi connectivity index (χ0n) is 14.9. The van der Waals surface area contributed by atoms with Gasteiger partial charge in [-0.25, -0.2) is 0 Å². The SMILES string of the molecule is CCN(CC)CCN(C)C(=O)c1ccc(-c2noc(C(F)(F)F)n2)cc1. The molecule has 0 radical (unpaired) electrons. The van der Waals surface area contributed by atoms with Crippen molar-refractivity contribution in [3.8, 4) is 11.4 Å². The predicted octanol–water partition coefficient (Wildman–Crippen LogP) is 3.17. The summed E-state index contributed by atoms with van der Waals surface area (Å²) >= 11 is 0. The quantitative estimate of drug-likeness (QED) is 0.749. The van der Waals surface area contributed by atoms with Crippen LogP contribution in [-0.4, -0.2) is 59.1 Å². The van der Waals surface area contributed by atoms with Crippen LogP contribution in [0.25, 0.3) is 11.4 Å². The van der Waals surface area contributed by atoms with Crippen molar-refractivity contribution in [1.82, 2.24) is 19.9 Å². The largest absolute Gasteiger partial charge is 0.471 e. The van der Waals surface area contributed by atoms with Crippen LogP contribution in [0.15, 0.2) is 28.8 Å². The minimum Gasteiger partial charge on any atom is -0.340 e. The first-order valence-corrected chi connectivity index (χ1v) is 8.25. The molecule has 0 aliphatic rings. The Labute approximate surface area is 149 Å². The van der Waals surface area contributed by atoms with Crippen molar-refractivity contribution in [2.45, 2.75) is 20.0 Å². The van der Waals surface area contributed by atoms with E-state index in [4.69, 9.17) is 0 Å². The zero-order valence-corrected chi connectivity index (χ0v) is 14.9. The topological polar surface area (TPSA) is 62.5 Å². The minimum atomic E-state index is -4.69. The van der Waals surface area contributed by atoms with Crippen LogP contribution in [0.5, 0.6) is 0 Å². The number of hydrogen-bond donors (Lipinski definition) is 0. The molecule has 2 aromatic rings. The molecule has 0 unspecified atom stereocenters. The van der Waals surface area contributed by atoms with Gasteiger partial charge in [-0.2, -0.15) is 18.2 Å². The van der Waals surface area contributed by atoms with Crippen LogP contribution in [0.2, 0.25) is 0 Å². The highest BCUT2D eigenvalue weighted by Gasteiger charge is 2.38. The molecule has 0 atom stereocenters. The van der Waals surface area contributed by atoms with Crippen molar-refractivity contribution in [3.05, 3.63) is 35.7 Å². The molecule has 142 valence electrons. The molecule has 0 bridgehead atoms. The third-order valence-corrected chi connectivity index (χ3v) is 4.05. The number of alkyl halides is 3. The molecule has 0 aliphatic heterocycles. The lowest BCUT2D eigenvalue weighted by Crippen LogP contribution is -2.36. The van der Waals surface area contributed by atoms with Crippen LogP contribution < -0.4 is 0 Å². The van der Waals surface area contributed by atoms with Gasteiger partial charge in [-0.1, -0.05) is 31.1 Å². The van der Waals surface area contributed by atoms with Gasteiger partial charge in [0.2, 0.25) is 5.82 Å². The number of amides is 1. The molecule has 0 saturated carbocycles. The summed E-state index contributed by atoms with van der Waals surface area (Å²) in [6.45, 7) is 7.31. The summed E-state index contributed by atoms with van der Waals surface area (Å²) in [5.41, 5.74) is 0.780. The van der Waals surface area contributed by atoms with E-state index in [-0.39, 0.29) is 11.7 Å². The summed E-state index contributed by atoms with van der Waals surface area (Å²) in [4.78, 5) is 19.6. The molecule has 1 amide bonds. The Morgan fingerprint density at radius 2 is 1.73 bits per heavy atom. The summed E-state index contributed by atoms with van der Waals surface area (Å²) in [5, 5.41) is 3.32. The number of carbonyl (C=O) groups excluding carboxylic acids is 1. The molecular weight excluding hydrogens is 349 g/mol. The van der Waals surface area contributed by atoms with Crippen molar-refractivity contribution in [2.24, 2.45) is 0 Å². The molecule has 26 heavy (non-hydrogen) atoms. The number of nitrogens with zero attached hydrogens (tertiary/aromatic N) is 4. The molecular formula is C17H21F3N4O2. The van der Waals surface area contributed by atoms with Crippen LogP contribution in [0.1, 0.15) is 30.1 Å². The summed E-state index contributed by atoms with van der Waals surface area (Å²) < 4.78 is 41.7. The van der Waals surface area contributed by atoms with Crippen LogP contribution in [0.4, 0.5) is 13.2 Å². The van der Waals surface area contributed by atoms with Gasteiger partial charge in [0.05, 0.1) is 0 Å². The summed E-state index contributed by atoms with van der Waals surface area (Å²) in [6, 6.07) is 6.07. The summed E-state index contributed by atoms with van der Waals surface area (Å²) in [7, 11) is 1.72. The molecule has 1 aromatic heterocycles. The van der Waals surface area contributed by atoms with Gasteiger partial charge in [0.25, 0.3) is 5.91 Å². The van der Waals surface area contributed by atoms with Crippen LogP contribution in [0.3, 0.4) is 0 Å². The first-order chi connectivity index (χ1) is 12.3. The molecule has 9 heteroatoms. The minimum absolute atomic E-state index is 0.159. The van der Waals surface area contributed by atoms with E-state index < -0.39 is 12.1 Å². The normalized spacial score (nSPS) is 11.8. The van der Waals surface area contributed by atoms with E-state index >= 15 is 0 Å². The molecule has 0 N–H and O–H groups in total. The second kappa shape index (κ2) is 8.31. The predicted molar refractivity (Wildman–Crippen MR) is 89.5 cm³/mol. The lowest BCUT2D eigenvalue weighted by molar-refractivity contribution is -0.159. The molecule has 0 spiro atoms. The molecule has 0 aliphatic carbocycles. The first-order valence-electron chi connectivity index (χ1n) is 8.25. The number of likely N-dealkylation sites (N-methyl/N-ethyl adjacent to an activating group) is 2. The van der Waals surface area contributed by atoms with Crippen molar-refractivity contribution in [3.63, 3.8) is 0 Å². The second-order valence-corrected chi connectivity index (χ2v) is 5.75. The monoisotopic (exact) mass is 370 g/mol. The Balaban J connectivity index is 2.04. The maximum Gasteiger partial charge on any atom is 0.471 e. The maximum atomic E-state index is 12.5. The Hall–Kier alpha value is -2.42. The van der Waals surface area contributed by atoms with Gasteiger partial charge in [-0.15, -0.1) is 0 Å². The Morgan fingerprint density at radius 1 is 1.12 bits per heavy atom. The fourth-order valence-corrected chi connectivity index (χ4v) is 2.37. The average Bonchev–Trinajstić information content (AvgIpc) is 3.12. The van der Waals surface area contributed by atoms with E-state index in [0.717, 1.165) is 19.6 Å². The number of benzene rings is 1. The van der Waals surface area contributed by atoms with Gasteiger partial charge in [0.1, 0.15) is 0 Å². The fourth-order valence-electron chi connectivity index (χ4n) is 2.37. The van der Waals surface area contributed by atoms with Gasteiger partial charge in [0, 0.05) is 31.3 Å². The van der Waals surface area contributed by atoms with Crippen molar-refractivity contribution in [2.75, 3.05) is 33.2 Å². The smallest absolute Gasteiger partial charge is 0.340 e. The van der Waals surface area contributed by atoms with E-state index in [1.54, 1.807) is 11.9 Å². The Kier molecular flexibility index (Phi) is 6.36. The molecule has 1 heterocycles. The standard InChI is InChI=1S/C17H21F3N4O2/c1-4-24(5-2)11-10-23(3)15(25)13-8-6-12(7-9-13)14-21-16(26-22-14)17(18,19)20/h6-9H,4-5,10-11H2,1-3H3. The van der Waals surface area contributed by atoms with E-state index in [0.29, 0.717) is 17.7 Å². The van der Waals surface area contributed by atoms with Crippen molar-refractivity contribution >= 4 is 5.91 Å². The lowest BCUT2D eigenvalue weighted by Gasteiger charge is -2.23. The zero-order chi connectivity index (χ0) is 19.3. The van der Waals surface area contributed by atoms with Gasteiger partial charge >= 0.3 is 12.1 Å².